The maximum Gasteiger partial charge on any atom is 0.386 e. The van der Waals surface area contributed by atoms with Crippen molar-refractivity contribution in [3.05, 3.63) is 126 Å². The summed E-state index contributed by atoms with van der Waals surface area (Å²) in [5.41, 5.74) is 17.4. The number of nitrogens with one attached hydrogen (secondary N) is 4. The molecule has 46 nitrogen and oxygen atoms in total. The number of rotatable bonds is 41. The van der Waals surface area contributed by atoms with Crippen molar-refractivity contribution in [3.63, 3.8) is 0 Å². The van der Waals surface area contributed by atoms with E-state index < -0.39 is 179 Å². The molecule has 0 bridgehead atoms. The Morgan fingerprint density at radius 2 is 1.05 bits per heavy atom. The Balaban J connectivity index is 0.793. The topological polar surface area (TPSA) is 605 Å². The Kier molecular flexibility index (Phi) is 31.0. The molecule has 630 valence electrons. The van der Waals surface area contributed by atoms with Gasteiger partial charge < -0.3 is 84.8 Å². The molecule has 11 heterocycles. The van der Waals surface area contributed by atoms with Crippen LogP contribution < -0.4 is 67.7 Å². The Labute approximate surface area is 673 Å². The summed E-state index contributed by atoms with van der Waals surface area (Å²) in [7, 11) is 0. The lowest BCUT2D eigenvalue weighted by Gasteiger charge is -2.29. The Morgan fingerprint density at radius 1 is 0.588 bits per heavy atom. The standard InChI is InChI=1S/C59H84BrN17O29P4S4/c1-30-17-45(73-8-3-42(62)67-56(73)83)99-38(30)25-97-110(114,93-16-15-92-14-13-91-12-7-65-44(79)5-10-90-11-6-61)106-36-21-47(75-22-31(2)52(80)71-58(75)85)101-41(36)28-96-109(89,113)105-35-20-49(77-29-66-50-51(77)69-55(64)70-54(50)82)102-40(35)27-95-108(88,112)104-34-19-46(74-9-4-43(63)68-57(74)84)100-39(34)26-94-107(87,111)103-33-18-48(98-37(33)24-78)76-23-32(60)53(81)72-59(76)86/h3-4,8-9,22-23,29-30,33-41,45-49,78H,5-7,10-21,24-28,61H2,1-2H3,(H,65,79)(H,87,111)(H,88,112)(H,89,113)(H2,62,67,83)(H2,63,68,84)(H,71,80,85)(H,72,81,86)(H3,64,69,70,82)/t30?,33?,34?,35?,36?,37-,38-,39-,40-,41-,45-,46-,47-,48-,49-,107?,108?,109?,110?/m1/s1. The molecule has 11 rings (SSSR count). The van der Waals surface area contributed by atoms with Gasteiger partial charge in [-0.25, -0.2) is 37.9 Å². The van der Waals surface area contributed by atoms with Gasteiger partial charge in [0.1, 0.15) is 85.5 Å². The highest BCUT2D eigenvalue weighted by Gasteiger charge is 2.49. The van der Waals surface area contributed by atoms with Gasteiger partial charge in [-0.1, -0.05) is 43.7 Å². The van der Waals surface area contributed by atoms with E-state index in [4.69, 9.17) is 113 Å². The SMILES string of the molecule is Cc1cn([C@H]2CC(OP(=S)(OCCOCCOCCNC(=O)CCOCCN)OC[C@H]3O[C@@H](n4ccc(N)nc4=O)CC3C)[C@@H](COP(=O)(S)OC3C[C@H](n4cnc5c(=O)[nH]c(N)nc54)O[C@@H]3COP(=O)(S)OC3C[C@H](n4ccc(N)nc4=O)O[C@@H]3COP(=O)(S)OC3C[C@H](n4cc(Br)c(=O)[nH]c4=O)O[C@@H]3CO)O2)c(=O)[nH]c1=O. The predicted molar refractivity (Wildman–Crippen MR) is 415 cm³/mol. The molecule has 0 spiro atoms. The molecule has 5 aliphatic heterocycles. The Bertz CT molecular complexity index is 5030. The quantitative estimate of drug-likeness (QED) is 0.0145. The van der Waals surface area contributed by atoms with E-state index in [9.17, 15) is 57.2 Å². The minimum absolute atomic E-state index is 0.00809. The molecule has 9 unspecified atom stereocenters. The van der Waals surface area contributed by atoms with Crippen LogP contribution in [-0.4, -0.2) is 216 Å². The molecular formula is C59H84BrN17O29P4S4. The number of hydrogen-bond acceptors (Lipinski definition) is 38. The molecule has 19 atom stereocenters. The Hall–Kier alpha value is -5.55. The third-order valence-corrected chi connectivity index (χ3v) is 25.9. The van der Waals surface area contributed by atoms with E-state index >= 15 is 0 Å². The molecule has 0 aliphatic carbocycles. The number of nitrogens with zero attached hydrogens (tertiary/aromatic N) is 9. The van der Waals surface area contributed by atoms with Crippen LogP contribution in [0.3, 0.4) is 0 Å². The number of aryl methyl sites for hydroxylation is 1. The van der Waals surface area contributed by atoms with Gasteiger partial charge in [0.25, 0.3) is 16.7 Å². The summed E-state index contributed by atoms with van der Waals surface area (Å²) in [4.78, 5) is 125. The summed E-state index contributed by atoms with van der Waals surface area (Å²) in [6.07, 6.45) is -11.5. The van der Waals surface area contributed by atoms with Crippen LogP contribution in [0.1, 0.15) is 82.2 Å². The van der Waals surface area contributed by atoms with Crippen LogP contribution in [0, 0.1) is 12.8 Å². The number of aromatic amines is 3. The number of ether oxygens (including phenoxy) is 8. The van der Waals surface area contributed by atoms with Crippen LogP contribution >= 0.6 is 79.8 Å². The highest BCUT2D eigenvalue weighted by atomic mass is 79.9. The van der Waals surface area contributed by atoms with Crippen LogP contribution in [0.4, 0.5) is 17.6 Å². The first kappa shape index (κ1) is 89.2. The number of nitrogen functional groups attached to an aromatic ring is 3. The van der Waals surface area contributed by atoms with Crippen LogP contribution in [0.2, 0.25) is 0 Å². The monoisotopic (exact) mass is 1830 g/mol. The molecule has 114 heavy (non-hydrogen) atoms. The number of aliphatic hydroxyl groups is 1. The zero-order valence-electron chi connectivity index (χ0n) is 60.5. The molecule has 6 aromatic rings. The van der Waals surface area contributed by atoms with Crippen LogP contribution in [0.5, 0.6) is 0 Å². The Morgan fingerprint density at radius 3 is 1.61 bits per heavy atom. The van der Waals surface area contributed by atoms with Crippen LogP contribution in [-0.2, 0) is 109 Å². The van der Waals surface area contributed by atoms with E-state index in [0.717, 1.165) is 19.9 Å². The molecule has 0 aromatic carbocycles. The molecule has 5 fully saturated rings. The van der Waals surface area contributed by atoms with E-state index in [1.54, 1.807) is 0 Å². The van der Waals surface area contributed by atoms with Gasteiger partial charge in [0, 0.05) is 75.5 Å². The lowest BCUT2D eigenvalue weighted by molar-refractivity contribution is -0.122. The van der Waals surface area contributed by atoms with E-state index in [1.807, 2.05) is 6.92 Å². The fourth-order valence-corrected chi connectivity index (χ4v) is 19.5. The lowest BCUT2D eigenvalue weighted by Crippen LogP contribution is -2.33. The number of thiol groups is 3. The maximum absolute atomic E-state index is 15.0. The van der Waals surface area contributed by atoms with Gasteiger partial charge in [0.05, 0.1) is 102 Å². The minimum Gasteiger partial charge on any atom is -0.394 e. The van der Waals surface area contributed by atoms with Crippen LogP contribution in [0.25, 0.3) is 11.2 Å². The molecular weight excluding hydrogens is 1740 g/mol. The van der Waals surface area contributed by atoms with Crippen molar-refractivity contribution in [2.75, 3.05) is 110 Å². The normalized spacial score (nSPS) is 27.2. The average molecular weight is 1830 g/mol. The number of anilines is 3. The zero-order chi connectivity index (χ0) is 82.0. The minimum atomic E-state index is -4.78. The van der Waals surface area contributed by atoms with Crippen molar-refractivity contribution in [2.24, 2.45) is 11.7 Å². The van der Waals surface area contributed by atoms with Crippen molar-refractivity contribution < 1.29 is 102 Å². The second kappa shape index (κ2) is 39.6. The van der Waals surface area contributed by atoms with Gasteiger partial charge in [-0.15, -0.1) is 0 Å². The smallest absolute Gasteiger partial charge is 0.386 e. The summed E-state index contributed by atoms with van der Waals surface area (Å²) in [5.74, 6) is -0.915. The first-order valence-electron chi connectivity index (χ1n) is 35.0. The third-order valence-electron chi connectivity index (χ3n) is 18.0. The summed E-state index contributed by atoms with van der Waals surface area (Å²) in [5, 5.41) is 12.9. The highest BCUT2D eigenvalue weighted by molar-refractivity contribution is 9.10. The fourth-order valence-electron chi connectivity index (χ4n) is 12.5. The third kappa shape index (κ3) is 23.7. The molecule has 13 N–H and O–H groups in total. The molecule has 6 aromatic heterocycles. The van der Waals surface area contributed by atoms with Crippen molar-refractivity contribution in [1.29, 1.82) is 0 Å². The van der Waals surface area contributed by atoms with Gasteiger partial charge >= 0.3 is 49.9 Å². The maximum atomic E-state index is 15.0. The van der Waals surface area contributed by atoms with Crippen molar-refractivity contribution >= 4 is 126 Å². The number of carbonyl (C=O) groups is 1. The summed E-state index contributed by atoms with van der Waals surface area (Å²) < 4.78 is 152. The van der Waals surface area contributed by atoms with Crippen molar-refractivity contribution in [2.45, 2.75) is 138 Å². The van der Waals surface area contributed by atoms with Crippen LogP contribution in [0.15, 0.2) is 81.3 Å². The molecule has 55 heteroatoms. The lowest BCUT2D eigenvalue weighted by atomic mass is 10.0. The van der Waals surface area contributed by atoms with Crippen molar-refractivity contribution in [3.8, 4) is 0 Å². The number of halogens is 1. The number of imidazole rings is 1. The molecule has 5 saturated heterocycles. The number of fused-ring (bicyclic) bond motifs is 1. The average Bonchev–Trinajstić information content (AvgIpc) is 1.63. The summed E-state index contributed by atoms with van der Waals surface area (Å²) in [6.45, 7) is -16.9. The van der Waals surface area contributed by atoms with Gasteiger partial charge in [-0.05, 0) is 59.1 Å². The number of H-pyrrole nitrogens is 3. The van der Waals surface area contributed by atoms with Gasteiger partial charge in [-0.2, -0.15) is 15.0 Å². The predicted octanol–water partition coefficient (Wildman–Crippen LogP) is 1.09. The highest BCUT2D eigenvalue weighted by Crippen LogP contribution is 2.61. The van der Waals surface area contributed by atoms with Gasteiger partial charge in [0.2, 0.25) is 11.9 Å². The first-order chi connectivity index (χ1) is 54.1. The second-order valence-corrected chi connectivity index (χ2v) is 38.6. The number of carbonyl (C=O) groups excluding carboxylic acids is 1. The van der Waals surface area contributed by atoms with E-state index in [2.05, 4.69) is 92.9 Å². The summed E-state index contributed by atoms with van der Waals surface area (Å²) >= 11 is 22.0. The van der Waals surface area contributed by atoms with Gasteiger partial charge in [-0.3, -0.25) is 84.1 Å². The fraction of sp³-hybridized carbons (Fsp3) is 0.627. The van der Waals surface area contributed by atoms with E-state index in [1.165, 1.54) is 53.1 Å². The molecule has 1 amide bonds. The first-order valence-corrected chi connectivity index (χ1v) is 46.5. The van der Waals surface area contributed by atoms with Gasteiger partial charge in [0.15, 0.2) is 11.2 Å². The number of amides is 1. The molecule has 5 aliphatic rings. The second-order valence-electron chi connectivity index (χ2n) is 26.1. The zero-order valence-corrected chi connectivity index (χ0v) is 69.1. The number of nitrogens with two attached hydrogens (primary N) is 4. The number of aliphatic hydroxyl groups excluding tert-OH is 1. The number of aromatic nitrogens is 12. The largest absolute Gasteiger partial charge is 0.394 e. The summed E-state index contributed by atoms with van der Waals surface area (Å²) in [6, 6.07) is 2.74. The van der Waals surface area contributed by atoms with E-state index in [0.29, 0.717) is 19.6 Å². The molecule has 0 radical (unpaired) electrons. The molecule has 0 saturated carbocycles. The van der Waals surface area contributed by atoms with E-state index in [-0.39, 0.29) is 136 Å². The number of hydrogen-bond donors (Lipinski definition) is 12. The van der Waals surface area contributed by atoms with Crippen molar-refractivity contribution in [1.82, 2.24) is 63.0 Å².